The topological polar surface area (TPSA) is 79.4 Å². The van der Waals surface area contributed by atoms with Gasteiger partial charge in [0.25, 0.3) is 0 Å². The van der Waals surface area contributed by atoms with E-state index in [2.05, 4.69) is 10.3 Å². The van der Waals surface area contributed by atoms with Gasteiger partial charge in [-0.2, -0.15) is 4.31 Å². The zero-order valence-electron chi connectivity index (χ0n) is 13.1. The molecule has 2 heterocycles. The number of piperidine rings is 1. The van der Waals surface area contributed by atoms with Gasteiger partial charge in [-0.3, -0.25) is 9.78 Å². The second kappa shape index (κ2) is 7.11. The van der Waals surface area contributed by atoms with Crippen molar-refractivity contribution in [2.75, 3.05) is 11.9 Å². The molecule has 126 valence electrons. The highest BCUT2D eigenvalue weighted by Crippen LogP contribution is 2.26. The maximum atomic E-state index is 12.9. The van der Waals surface area contributed by atoms with Gasteiger partial charge in [0.15, 0.2) is 0 Å². The average Bonchev–Trinajstić information content (AvgIpc) is 2.63. The standard InChI is InChI=1S/C17H19N3O3S/c21-17(19-14-9-11-18-12-10-14)16-8-4-5-13-20(16)24(22,23)15-6-2-1-3-7-15/h1-3,6-7,9-12,16H,4-5,8,13H2,(H,18,19,21). The molecule has 1 amide bonds. The molecule has 6 nitrogen and oxygen atoms in total. The maximum absolute atomic E-state index is 12.9. The van der Waals surface area contributed by atoms with Crippen LogP contribution in [0.1, 0.15) is 19.3 Å². The second-order valence-electron chi connectivity index (χ2n) is 5.67. The molecule has 0 saturated carbocycles. The van der Waals surface area contributed by atoms with Crippen LogP contribution in [0.4, 0.5) is 5.69 Å². The van der Waals surface area contributed by atoms with Crippen LogP contribution in [0, 0.1) is 0 Å². The molecule has 1 aliphatic heterocycles. The van der Waals surface area contributed by atoms with Crippen LogP contribution in [0.25, 0.3) is 0 Å². The number of sulfonamides is 1. The number of hydrogen-bond donors (Lipinski definition) is 1. The molecular formula is C17H19N3O3S. The van der Waals surface area contributed by atoms with E-state index in [-0.39, 0.29) is 10.8 Å². The summed E-state index contributed by atoms with van der Waals surface area (Å²) in [7, 11) is -3.69. The highest BCUT2D eigenvalue weighted by molar-refractivity contribution is 7.89. The molecule has 0 radical (unpaired) electrons. The van der Waals surface area contributed by atoms with E-state index >= 15 is 0 Å². The number of amides is 1. The van der Waals surface area contributed by atoms with Crippen molar-refractivity contribution in [2.45, 2.75) is 30.2 Å². The Labute approximate surface area is 141 Å². The number of anilines is 1. The number of carbonyl (C=O) groups is 1. The molecule has 1 unspecified atom stereocenters. The lowest BCUT2D eigenvalue weighted by molar-refractivity contribution is -0.120. The van der Waals surface area contributed by atoms with E-state index in [0.29, 0.717) is 18.7 Å². The fourth-order valence-electron chi connectivity index (χ4n) is 2.84. The third-order valence-electron chi connectivity index (χ3n) is 4.05. The Morgan fingerprint density at radius 1 is 1.08 bits per heavy atom. The average molecular weight is 345 g/mol. The van der Waals surface area contributed by atoms with Crippen LogP contribution < -0.4 is 5.32 Å². The molecule has 1 aromatic heterocycles. The largest absolute Gasteiger partial charge is 0.325 e. The van der Waals surface area contributed by atoms with E-state index in [9.17, 15) is 13.2 Å². The zero-order valence-corrected chi connectivity index (χ0v) is 13.9. The van der Waals surface area contributed by atoms with Gasteiger partial charge in [0, 0.05) is 24.6 Å². The first-order chi connectivity index (χ1) is 11.6. The van der Waals surface area contributed by atoms with Gasteiger partial charge in [0.05, 0.1) is 4.90 Å². The summed E-state index contributed by atoms with van der Waals surface area (Å²) in [5, 5.41) is 2.78. The summed E-state index contributed by atoms with van der Waals surface area (Å²) < 4.78 is 27.1. The molecule has 2 aromatic rings. The van der Waals surface area contributed by atoms with Crippen LogP contribution in [-0.4, -0.2) is 36.2 Å². The van der Waals surface area contributed by atoms with Gasteiger partial charge < -0.3 is 5.32 Å². The first-order valence-corrected chi connectivity index (χ1v) is 9.31. The second-order valence-corrected chi connectivity index (χ2v) is 7.56. The minimum Gasteiger partial charge on any atom is -0.325 e. The third kappa shape index (κ3) is 3.47. The van der Waals surface area contributed by atoms with Crippen LogP contribution in [0.5, 0.6) is 0 Å². The van der Waals surface area contributed by atoms with Gasteiger partial charge in [0.1, 0.15) is 6.04 Å². The monoisotopic (exact) mass is 345 g/mol. The summed E-state index contributed by atoms with van der Waals surface area (Å²) in [5.74, 6) is -0.305. The predicted octanol–water partition coefficient (Wildman–Crippen LogP) is 2.26. The summed E-state index contributed by atoms with van der Waals surface area (Å²) in [4.78, 5) is 16.7. The van der Waals surface area contributed by atoms with Gasteiger partial charge in [-0.25, -0.2) is 8.42 Å². The van der Waals surface area contributed by atoms with Crippen LogP contribution in [0.2, 0.25) is 0 Å². The van der Waals surface area contributed by atoms with Gasteiger partial charge in [-0.1, -0.05) is 24.6 Å². The fourth-order valence-corrected chi connectivity index (χ4v) is 4.52. The van der Waals surface area contributed by atoms with Crippen LogP contribution >= 0.6 is 0 Å². The summed E-state index contributed by atoms with van der Waals surface area (Å²) in [5.41, 5.74) is 0.609. The highest BCUT2D eigenvalue weighted by atomic mass is 32.2. The number of aromatic nitrogens is 1. The van der Waals surface area contributed by atoms with Crippen LogP contribution in [0.15, 0.2) is 59.8 Å². The molecule has 1 aliphatic rings. The van der Waals surface area contributed by atoms with Crippen molar-refractivity contribution in [2.24, 2.45) is 0 Å². The maximum Gasteiger partial charge on any atom is 0.243 e. The van der Waals surface area contributed by atoms with Crippen molar-refractivity contribution >= 4 is 21.6 Å². The van der Waals surface area contributed by atoms with E-state index < -0.39 is 16.1 Å². The lowest BCUT2D eigenvalue weighted by Crippen LogP contribution is -2.49. The van der Waals surface area contributed by atoms with Gasteiger partial charge >= 0.3 is 0 Å². The first-order valence-electron chi connectivity index (χ1n) is 7.87. The highest BCUT2D eigenvalue weighted by Gasteiger charge is 2.37. The molecule has 0 aliphatic carbocycles. The van der Waals surface area contributed by atoms with Gasteiger partial charge in [-0.15, -0.1) is 0 Å². The van der Waals surface area contributed by atoms with Crippen molar-refractivity contribution in [1.82, 2.24) is 9.29 Å². The Balaban J connectivity index is 1.84. The van der Waals surface area contributed by atoms with E-state index in [0.717, 1.165) is 12.8 Å². The zero-order chi connectivity index (χ0) is 17.0. The van der Waals surface area contributed by atoms with E-state index in [1.54, 1.807) is 54.9 Å². The van der Waals surface area contributed by atoms with E-state index in [4.69, 9.17) is 0 Å². The Bertz CT molecular complexity index is 794. The molecule has 1 atom stereocenters. The van der Waals surface area contributed by atoms with Crippen molar-refractivity contribution in [3.63, 3.8) is 0 Å². The van der Waals surface area contributed by atoms with Crippen molar-refractivity contribution in [3.8, 4) is 0 Å². The van der Waals surface area contributed by atoms with E-state index in [1.165, 1.54) is 4.31 Å². The third-order valence-corrected chi connectivity index (χ3v) is 5.98. The predicted molar refractivity (Wildman–Crippen MR) is 90.8 cm³/mol. The summed E-state index contributed by atoms with van der Waals surface area (Å²) in [6.07, 6.45) is 5.26. The Hall–Kier alpha value is -2.25. The molecule has 1 aromatic carbocycles. The van der Waals surface area contributed by atoms with Crippen LogP contribution in [0.3, 0.4) is 0 Å². The molecule has 1 fully saturated rings. The lowest BCUT2D eigenvalue weighted by atomic mass is 10.0. The molecule has 24 heavy (non-hydrogen) atoms. The molecule has 1 saturated heterocycles. The Morgan fingerprint density at radius 3 is 2.50 bits per heavy atom. The van der Waals surface area contributed by atoms with Gasteiger partial charge in [-0.05, 0) is 37.1 Å². The van der Waals surface area contributed by atoms with Gasteiger partial charge in [0.2, 0.25) is 15.9 Å². The number of nitrogens with zero attached hydrogens (tertiary/aromatic N) is 2. The minimum atomic E-state index is -3.69. The summed E-state index contributed by atoms with van der Waals surface area (Å²) in [6.45, 7) is 0.353. The smallest absolute Gasteiger partial charge is 0.243 e. The Kier molecular flexibility index (Phi) is 4.92. The number of nitrogens with one attached hydrogen (secondary N) is 1. The molecule has 3 rings (SSSR count). The molecule has 7 heteroatoms. The normalized spacial score (nSPS) is 18.9. The van der Waals surface area contributed by atoms with Crippen molar-refractivity contribution in [1.29, 1.82) is 0 Å². The number of benzene rings is 1. The number of hydrogen-bond acceptors (Lipinski definition) is 4. The fraction of sp³-hybridized carbons (Fsp3) is 0.294. The molecule has 1 N–H and O–H groups in total. The van der Waals surface area contributed by atoms with Crippen molar-refractivity contribution < 1.29 is 13.2 Å². The Morgan fingerprint density at radius 2 is 1.79 bits per heavy atom. The minimum absolute atomic E-state index is 0.216. The molecule has 0 bridgehead atoms. The molecule has 0 spiro atoms. The van der Waals surface area contributed by atoms with Crippen molar-refractivity contribution in [3.05, 3.63) is 54.9 Å². The van der Waals surface area contributed by atoms with E-state index in [1.807, 2.05) is 0 Å². The lowest BCUT2D eigenvalue weighted by Gasteiger charge is -2.33. The number of carbonyl (C=O) groups excluding carboxylic acids is 1. The number of pyridine rings is 1. The number of rotatable bonds is 4. The molecular weight excluding hydrogens is 326 g/mol. The summed E-state index contributed by atoms with van der Waals surface area (Å²) in [6, 6.07) is 10.9. The quantitative estimate of drug-likeness (QED) is 0.922. The summed E-state index contributed by atoms with van der Waals surface area (Å²) >= 11 is 0. The first kappa shape index (κ1) is 16.6. The SMILES string of the molecule is O=C(Nc1ccncc1)C1CCCCN1S(=O)(=O)c1ccccc1. The van der Waals surface area contributed by atoms with Crippen LogP contribution in [-0.2, 0) is 14.8 Å².